The quantitative estimate of drug-likeness (QED) is 0.809. The van der Waals surface area contributed by atoms with Gasteiger partial charge in [-0.1, -0.05) is 6.92 Å². The van der Waals surface area contributed by atoms with Crippen LogP contribution in [-0.2, 0) is 0 Å². The van der Waals surface area contributed by atoms with Crippen LogP contribution in [0.4, 0.5) is 0 Å². The monoisotopic (exact) mass is 253 g/mol. The molecule has 1 heterocycles. The Morgan fingerprint density at radius 1 is 1.59 bits per heavy atom. The molecule has 0 aliphatic heterocycles. The van der Waals surface area contributed by atoms with Gasteiger partial charge in [-0.3, -0.25) is 4.90 Å². The first-order valence-corrected chi connectivity index (χ1v) is 7.47. The van der Waals surface area contributed by atoms with E-state index in [0.29, 0.717) is 6.04 Å². The standard InChI is InChI=1S/C13H23N3S/c1-4-16(12-5-6-12)8-7-14-10(2)13-11(3)15-9-17-13/h9-10,12,14H,4-8H2,1-3H3. The zero-order valence-corrected chi connectivity index (χ0v) is 11.9. The zero-order chi connectivity index (χ0) is 12.3. The van der Waals surface area contributed by atoms with Crippen molar-refractivity contribution in [2.45, 2.75) is 45.7 Å². The van der Waals surface area contributed by atoms with Crippen LogP contribution < -0.4 is 5.32 Å². The van der Waals surface area contributed by atoms with Crippen LogP contribution in [0, 0.1) is 6.92 Å². The minimum absolute atomic E-state index is 0.431. The van der Waals surface area contributed by atoms with E-state index in [4.69, 9.17) is 0 Å². The molecular formula is C13H23N3S. The van der Waals surface area contributed by atoms with E-state index >= 15 is 0 Å². The van der Waals surface area contributed by atoms with Gasteiger partial charge in [-0.2, -0.15) is 0 Å². The third-order valence-electron chi connectivity index (χ3n) is 3.49. The molecule has 1 atom stereocenters. The molecule has 17 heavy (non-hydrogen) atoms. The summed E-state index contributed by atoms with van der Waals surface area (Å²) in [7, 11) is 0. The summed E-state index contributed by atoms with van der Waals surface area (Å²) in [5.41, 5.74) is 3.11. The SMILES string of the molecule is CCN(CCNC(C)c1scnc1C)C1CC1. The minimum Gasteiger partial charge on any atom is -0.308 e. The van der Waals surface area contributed by atoms with Gasteiger partial charge in [0.25, 0.3) is 0 Å². The van der Waals surface area contributed by atoms with Gasteiger partial charge in [-0.25, -0.2) is 4.98 Å². The molecule has 1 aliphatic rings. The fourth-order valence-corrected chi connectivity index (χ4v) is 3.12. The lowest BCUT2D eigenvalue weighted by molar-refractivity contribution is 0.273. The summed E-state index contributed by atoms with van der Waals surface area (Å²) >= 11 is 1.75. The molecule has 1 fully saturated rings. The van der Waals surface area contributed by atoms with Gasteiger partial charge in [0, 0.05) is 30.1 Å². The van der Waals surface area contributed by atoms with E-state index in [1.54, 1.807) is 11.3 Å². The number of aryl methyl sites for hydroxylation is 1. The molecule has 4 heteroatoms. The second kappa shape index (κ2) is 5.94. The Morgan fingerprint density at radius 2 is 2.35 bits per heavy atom. The van der Waals surface area contributed by atoms with Crippen molar-refractivity contribution < 1.29 is 0 Å². The highest BCUT2D eigenvalue weighted by Crippen LogP contribution is 2.26. The fraction of sp³-hybridized carbons (Fsp3) is 0.769. The van der Waals surface area contributed by atoms with Crippen molar-refractivity contribution in [3.63, 3.8) is 0 Å². The number of likely N-dealkylation sites (N-methyl/N-ethyl adjacent to an activating group) is 1. The highest BCUT2D eigenvalue weighted by molar-refractivity contribution is 7.09. The number of thiazole rings is 1. The third kappa shape index (κ3) is 3.50. The molecule has 2 rings (SSSR count). The van der Waals surface area contributed by atoms with E-state index < -0.39 is 0 Å². The molecule has 1 aliphatic carbocycles. The molecule has 0 spiro atoms. The van der Waals surface area contributed by atoms with E-state index in [9.17, 15) is 0 Å². The molecule has 1 aromatic rings. The Bertz CT molecular complexity index is 346. The van der Waals surface area contributed by atoms with Crippen LogP contribution in [0.5, 0.6) is 0 Å². The molecule has 0 aromatic carbocycles. The Balaban J connectivity index is 1.72. The second-order valence-electron chi connectivity index (χ2n) is 4.84. The van der Waals surface area contributed by atoms with Gasteiger partial charge in [0.2, 0.25) is 0 Å². The first-order valence-electron chi connectivity index (χ1n) is 6.59. The molecule has 0 saturated heterocycles. The van der Waals surface area contributed by atoms with Crippen LogP contribution >= 0.6 is 11.3 Å². The highest BCUT2D eigenvalue weighted by Gasteiger charge is 2.27. The number of hydrogen-bond acceptors (Lipinski definition) is 4. The maximum absolute atomic E-state index is 4.30. The van der Waals surface area contributed by atoms with E-state index in [1.165, 1.54) is 36.5 Å². The largest absolute Gasteiger partial charge is 0.308 e. The fourth-order valence-electron chi connectivity index (χ4n) is 2.28. The summed E-state index contributed by atoms with van der Waals surface area (Å²) in [5, 5.41) is 3.60. The Morgan fingerprint density at radius 3 is 2.88 bits per heavy atom. The lowest BCUT2D eigenvalue weighted by Crippen LogP contribution is -2.34. The van der Waals surface area contributed by atoms with Gasteiger partial charge < -0.3 is 5.32 Å². The molecule has 1 saturated carbocycles. The summed E-state index contributed by atoms with van der Waals surface area (Å²) in [6.45, 7) is 10.0. The number of nitrogens with zero attached hydrogens (tertiary/aromatic N) is 2. The summed E-state index contributed by atoms with van der Waals surface area (Å²) < 4.78 is 0. The molecule has 1 aromatic heterocycles. The maximum atomic E-state index is 4.30. The lowest BCUT2D eigenvalue weighted by Gasteiger charge is -2.21. The summed E-state index contributed by atoms with van der Waals surface area (Å²) in [6.07, 6.45) is 2.80. The van der Waals surface area contributed by atoms with Crippen molar-refractivity contribution in [3.8, 4) is 0 Å². The predicted molar refractivity (Wildman–Crippen MR) is 73.5 cm³/mol. The maximum Gasteiger partial charge on any atom is 0.0798 e. The molecule has 0 radical (unpaired) electrons. The lowest BCUT2D eigenvalue weighted by atomic mass is 10.2. The first kappa shape index (κ1) is 13.0. The van der Waals surface area contributed by atoms with Crippen LogP contribution in [-0.4, -0.2) is 35.6 Å². The van der Waals surface area contributed by atoms with Crippen molar-refractivity contribution in [2.24, 2.45) is 0 Å². The van der Waals surface area contributed by atoms with Crippen LogP contribution in [0.2, 0.25) is 0 Å². The van der Waals surface area contributed by atoms with Gasteiger partial charge in [0.15, 0.2) is 0 Å². The van der Waals surface area contributed by atoms with Gasteiger partial charge in [0.1, 0.15) is 0 Å². The van der Waals surface area contributed by atoms with Gasteiger partial charge in [0.05, 0.1) is 11.2 Å². The normalized spacial score (nSPS) is 17.6. The Hall–Kier alpha value is -0.450. The van der Waals surface area contributed by atoms with Crippen molar-refractivity contribution in [2.75, 3.05) is 19.6 Å². The first-order chi connectivity index (χ1) is 8.22. The highest BCUT2D eigenvalue weighted by atomic mass is 32.1. The van der Waals surface area contributed by atoms with Crippen LogP contribution in [0.15, 0.2) is 5.51 Å². The predicted octanol–water partition coefficient (Wildman–Crippen LogP) is 2.59. The van der Waals surface area contributed by atoms with E-state index in [0.717, 1.165) is 12.6 Å². The number of aromatic nitrogens is 1. The topological polar surface area (TPSA) is 28.2 Å². The summed E-state index contributed by atoms with van der Waals surface area (Å²) in [4.78, 5) is 8.26. The average Bonchev–Trinajstić information content (AvgIpc) is 3.06. The van der Waals surface area contributed by atoms with Crippen LogP contribution in [0.3, 0.4) is 0 Å². The van der Waals surface area contributed by atoms with Gasteiger partial charge in [-0.05, 0) is 33.2 Å². The molecule has 3 nitrogen and oxygen atoms in total. The van der Waals surface area contributed by atoms with Crippen molar-refractivity contribution in [1.82, 2.24) is 15.2 Å². The molecule has 0 bridgehead atoms. The Labute approximate surface area is 108 Å². The molecule has 96 valence electrons. The van der Waals surface area contributed by atoms with Gasteiger partial charge in [-0.15, -0.1) is 11.3 Å². The number of nitrogens with one attached hydrogen (secondary N) is 1. The summed E-state index contributed by atoms with van der Waals surface area (Å²) in [5.74, 6) is 0. The second-order valence-corrected chi connectivity index (χ2v) is 5.72. The van der Waals surface area contributed by atoms with Crippen molar-refractivity contribution in [3.05, 3.63) is 16.1 Å². The molecular weight excluding hydrogens is 230 g/mol. The van der Waals surface area contributed by atoms with Crippen LogP contribution in [0.25, 0.3) is 0 Å². The summed E-state index contributed by atoms with van der Waals surface area (Å²) in [6, 6.07) is 1.31. The van der Waals surface area contributed by atoms with E-state index in [2.05, 4.69) is 36.0 Å². The molecule has 0 amide bonds. The smallest absolute Gasteiger partial charge is 0.0798 e. The van der Waals surface area contributed by atoms with E-state index in [-0.39, 0.29) is 0 Å². The molecule has 1 unspecified atom stereocenters. The van der Waals surface area contributed by atoms with E-state index in [1.807, 2.05) is 5.51 Å². The third-order valence-corrected chi connectivity index (χ3v) is 4.61. The van der Waals surface area contributed by atoms with Crippen LogP contribution in [0.1, 0.15) is 43.3 Å². The van der Waals surface area contributed by atoms with Crippen molar-refractivity contribution >= 4 is 11.3 Å². The Kier molecular flexibility index (Phi) is 4.54. The number of rotatable bonds is 7. The van der Waals surface area contributed by atoms with Crippen molar-refractivity contribution in [1.29, 1.82) is 0 Å². The minimum atomic E-state index is 0.431. The number of hydrogen-bond donors (Lipinski definition) is 1. The zero-order valence-electron chi connectivity index (χ0n) is 11.1. The average molecular weight is 253 g/mol. The van der Waals surface area contributed by atoms with Gasteiger partial charge >= 0.3 is 0 Å². The molecule has 1 N–H and O–H groups in total.